The van der Waals surface area contributed by atoms with Crippen LogP contribution in [0.2, 0.25) is 0 Å². The van der Waals surface area contributed by atoms with Gasteiger partial charge in [0.1, 0.15) is 6.61 Å². The summed E-state index contributed by atoms with van der Waals surface area (Å²) in [6.07, 6.45) is 0. The minimum absolute atomic E-state index is 0.0878. The number of thiophene rings is 1. The molecule has 0 bridgehead atoms. The van der Waals surface area contributed by atoms with Gasteiger partial charge in [-0.05, 0) is 48.1 Å². The molecular weight excluding hydrogens is 290 g/mol. The minimum Gasteiger partial charge on any atom is -0.366 e. The van der Waals surface area contributed by atoms with Crippen molar-refractivity contribution in [1.29, 1.82) is 0 Å². The molecular formula is C11H16BrNO2S. The number of hydrogen-bond donors (Lipinski definition) is 1. The first-order chi connectivity index (χ1) is 7.38. The number of ether oxygens (including phenoxy) is 1. The van der Waals surface area contributed by atoms with Crippen LogP contribution in [0.15, 0.2) is 15.9 Å². The third-order valence-electron chi connectivity index (χ3n) is 1.77. The number of hydrogen-bond acceptors (Lipinski definition) is 3. The van der Waals surface area contributed by atoms with E-state index in [2.05, 4.69) is 21.2 Å². The molecule has 0 saturated carbocycles. The van der Waals surface area contributed by atoms with E-state index in [0.29, 0.717) is 6.54 Å². The lowest BCUT2D eigenvalue weighted by molar-refractivity contribution is -0.130. The standard InChI is InChI=1S/C11H16BrNO2S/c1-11(2,3)15-7-10(14)13-6-9-8(12)4-5-16-9/h4-5H,6-7H2,1-3H3,(H,13,14). The van der Waals surface area contributed by atoms with Crippen molar-refractivity contribution in [2.24, 2.45) is 0 Å². The number of rotatable bonds is 4. The summed E-state index contributed by atoms with van der Waals surface area (Å²) in [7, 11) is 0. The van der Waals surface area contributed by atoms with Gasteiger partial charge in [0.2, 0.25) is 5.91 Å². The molecule has 16 heavy (non-hydrogen) atoms. The molecule has 0 saturated heterocycles. The van der Waals surface area contributed by atoms with Crippen LogP contribution in [0.5, 0.6) is 0 Å². The maximum atomic E-state index is 11.4. The summed E-state index contributed by atoms with van der Waals surface area (Å²) in [4.78, 5) is 12.6. The molecule has 0 radical (unpaired) electrons. The fraction of sp³-hybridized carbons (Fsp3) is 0.545. The van der Waals surface area contributed by atoms with Crippen molar-refractivity contribution in [3.63, 3.8) is 0 Å². The van der Waals surface area contributed by atoms with Crippen molar-refractivity contribution in [1.82, 2.24) is 5.32 Å². The lowest BCUT2D eigenvalue weighted by Gasteiger charge is -2.18. The first kappa shape index (κ1) is 13.7. The van der Waals surface area contributed by atoms with Crippen LogP contribution in [0.25, 0.3) is 0 Å². The highest BCUT2D eigenvalue weighted by atomic mass is 79.9. The first-order valence-electron chi connectivity index (χ1n) is 5.01. The maximum absolute atomic E-state index is 11.4. The quantitative estimate of drug-likeness (QED) is 0.929. The summed E-state index contributed by atoms with van der Waals surface area (Å²) in [5.74, 6) is -0.0878. The predicted octanol–water partition coefficient (Wildman–Crippen LogP) is 2.94. The van der Waals surface area contributed by atoms with Crippen LogP contribution in [0.4, 0.5) is 0 Å². The molecule has 0 aliphatic rings. The van der Waals surface area contributed by atoms with Crippen LogP contribution in [0.3, 0.4) is 0 Å². The Morgan fingerprint density at radius 2 is 2.25 bits per heavy atom. The van der Waals surface area contributed by atoms with E-state index in [0.717, 1.165) is 9.35 Å². The highest BCUT2D eigenvalue weighted by molar-refractivity contribution is 9.10. The average molecular weight is 306 g/mol. The molecule has 1 aromatic heterocycles. The van der Waals surface area contributed by atoms with Gasteiger partial charge in [-0.1, -0.05) is 0 Å². The van der Waals surface area contributed by atoms with Crippen molar-refractivity contribution < 1.29 is 9.53 Å². The molecule has 0 aromatic carbocycles. The normalized spacial score (nSPS) is 11.5. The third-order valence-corrected chi connectivity index (χ3v) is 3.70. The lowest BCUT2D eigenvalue weighted by Crippen LogP contribution is -2.31. The monoisotopic (exact) mass is 305 g/mol. The fourth-order valence-corrected chi connectivity index (χ4v) is 2.40. The molecule has 0 unspecified atom stereocenters. The van der Waals surface area contributed by atoms with Crippen LogP contribution in [0, 0.1) is 0 Å². The van der Waals surface area contributed by atoms with E-state index in [1.165, 1.54) is 0 Å². The van der Waals surface area contributed by atoms with Crippen molar-refractivity contribution in [2.75, 3.05) is 6.61 Å². The van der Waals surface area contributed by atoms with Gasteiger partial charge in [-0.2, -0.15) is 0 Å². The van der Waals surface area contributed by atoms with E-state index < -0.39 is 0 Å². The molecule has 0 aliphatic heterocycles. The van der Waals surface area contributed by atoms with E-state index in [9.17, 15) is 4.79 Å². The van der Waals surface area contributed by atoms with E-state index in [-0.39, 0.29) is 18.1 Å². The Morgan fingerprint density at radius 3 is 2.75 bits per heavy atom. The van der Waals surface area contributed by atoms with Gasteiger partial charge >= 0.3 is 0 Å². The average Bonchev–Trinajstić information content (AvgIpc) is 2.57. The van der Waals surface area contributed by atoms with Crippen molar-refractivity contribution in [3.8, 4) is 0 Å². The zero-order valence-corrected chi connectivity index (χ0v) is 12.1. The molecule has 1 amide bonds. The van der Waals surface area contributed by atoms with Crippen LogP contribution >= 0.6 is 27.3 Å². The third kappa shape index (κ3) is 5.09. The Labute approximate surface area is 108 Å². The summed E-state index contributed by atoms with van der Waals surface area (Å²) in [6.45, 7) is 6.43. The summed E-state index contributed by atoms with van der Waals surface area (Å²) in [5, 5.41) is 4.80. The first-order valence-corrected chi connectivity index (χ1v) is 6.68. The summed E-state index contributed by atoms with van der Waals surface area (Å²) < 4.78 is 6.41. The molecule has 1 N–H and O–H groups in total. The molecule has 1 rings (SSSR count). The topological polar surface area (TPSA) is 38.3 Å². The highest BCUT2D eigenvalue weighted by Gasteiger charge is 2.12. The number of halogens is 1. The van der Waals surface area contributed by atoms with Gasteiger partial charge in [-0.3, -0.25) is 4.79 Å². The van der Waals surface area contributed by atoms with Crippen molar-refractivity contribution in [2.45, 2.75) is 32.9 Å². The SMILES string of the molecule is CC(C)(C)OCC(=O)NCc1sccc1Br. The van der Waals surface area contributed by atoms with Crippen LogP contribution in [-0.2, 0) is 16.1 Å². The fourth-order valence-electron chi connectivity index (χ4n) is 0.963. The summed E-state index contributed by atoms with van der Waals surface area (Å²) in [6, 6.07) is 1.97. The number of nitrogens with one attached hydrogen (secondary N) is 1. The molecule has 0 aliphatic carbocycles. The number of amides is 1. The Hall–Kier alpha value is -0.390. The van der Waals surface area contributed by atoms with Gasteiger partial charge in [0, 0.05) is 9.35 Å². The second kappa shape index (κ2) is 5.80. The summed E-state index contributed by atoms with van der Waals surface area (Å²) in [5.41, 5.74) is -0.277. The van der Waals surface area contributed by atoms with Crippen molar-refractivity contribution in [3.05, 3.63) is 20.8 Å². The van der Waals surface area contributed by atoms with Gasteiger partial charge in [-0.15, -0.1) is 11.3 Å². The van der Waals surface area contributed by atoms with Crippen LogP contribution in [0.1, 0.15) is 25.6 Å². The highest BCUT2D eigenvalue weighted by Crippen LogP contribution is 2.22. The van der Waals surface area contributed by atoms with E-state index in [4.69, 9.17) is 4.74 Å². The van der Waals surface area contributed by atoms with E-state index >= 15 is 0 Å². The second-order valence-corrected chi connectivity index (χ2v) is 6.22. The Bertz CT molecular complexity index is 357. The van der Waals surface area contributed by atoms with E-state index in [1.54, 1.807) is 11.3 Å². The number of carbonyl (C=O) groups is 1. The van der Waals surface area contributed by atoms with Gasteiger partial charge < -0.3 is 10.1 Å². The van der Waals surface area contributed by atoms with Crippen LogP contribution < -0.4 is 5.32 Å². The molecule has 5 heteroatoms. The molecule has 0 fully saturated rings. The lowest BCUT2D eigenvalue weighted by atomic mass is 10.2. The van der Waals surface area contributed by atoms with Crippen molar-refractivity contribution >= 4 is 33.2 Å². The summed E-state index contributed by atoms with van der Waals surface area (Å²) >= 11 is 5.03. The minimum atomic E-state index is -0.277. The molecule has 0 atom stereocenters. The predicted molar refractivity (Wildman–Crippen MR) is 69.6 cm³/mol. The Kier molecular flexibility index (Phi) is 4.95. The smallest absolute Gasteiger partial charge is 0.246 e. The van der Waals surface area contributed by atoms with Gasteiger partial charge in [0.25, 0.3) is 0 Å². The number of carbonyl (C=O) groups excluding carboxylic acids is 1. The van der Waals surface area contributed by atoms with E-state index in [1.807, 2.05) is 32.2 Å². The molecule has 3 nitrogen and oxygen atoms in total. The zero-order chi connectivity index (χ0) is 12.2. The molecule has 0 spiro atoms. The van der Waals surface area contributed by atoms with Gasteiger partial charge in [0.05, 0.1) is 12.1 Å². The Morgan fingerprint density at radius 1 is 1.56 bits per heavy atom. The van der Waals surface area contributed by atoms with Gasteiger partial charge in [-0.25, -0.2) is 0 Å². The molecule has 1 heterocycles. The Balaban J connectivity index is 2.29. The van der Waals surface area contributed by atoms with Crippen LogP contribution in [-0.4, -0.2) is 18.1 Å². The molecule has 1 aromatic rings. The second-order valence-electron chi connectivity index (χ2n) is 4.37. The van der Waals surface area contributed by atoms with Gasteiger partial charge in [0.15, 0.2) is 0 Å². The maximum Gasteiger partial charge on any atom is 0.246 e. The largest absolute Gasteiger partial charge is 0.366 e. The zero-order valence-electron chi connectivity index (χ0n) is 9.67. The molecule has 90 valence electrons.